The third-order valence-electron chi connectivity index (χ3n) is 5.71. The van der Waals surface area contributed by atoms with Gasteiger partial charge in [-0.3, -0.25) is 4.79 Å². The Balaban J connectivity index is 1.76. The van der Waals surface area contributed by atoms with Crippen molar-refractivity contribution >= 4 is 51.8 Å². The van der Waals surface area contributed by atoms with Gasteiger partial charge in [-0.25, -0.2) is 15.0 Å². The molecule has 0 unspecified atom stereocenters. The maximum absolute atomic E-state index is 11.7. The van der Waals surface area contributed by atoms with Crippen LogP contribution in [0, 0.1) is 0 Å². The molecular formula is C24H26Cl2N6O5. The van der Waals surface area contributed by atoms with Gasteiger partial charge in [0.2, 0.25) is 11.9 Å². The molecule has 3 heterocycles. The lowest BCUT2D eigenvalue weighted by atomic mass is 10.1. The molecular weight excluding hydrogens is 523 g/mol. The van der Waals surface area contributed by atoms with E-state index in [4.69, 9.17) is 42.4 Å². The molecule has 37 heavy (non-hydrogen) atoms. The van der Waals surface area contributed by atoms with Crippen LogP contribution in [-0.4, -0.2) is 78.6 Å². The van der Waals surface area contributed by atoms with Gasteiger partial charge in [0.15, 0.2) is 5.82 Å². The van der Waals surface area contributed by atoms with Gasteiger partial charge in [-0.1, -0.05) is 29.8 Å². The summed E-state index contributed by atoms with van der Waals surface area (Å²) >= 11 is 13.2. The molecule has 0 aliphatic carbocycles. The molecule has 1 aliphatic heterocycles. The minimum atomic E-state index is -0.291. The normalized spacial score (nSPS) is 16.9. The molecule has 3 aromatic rings. The number of aromatic nitrogens is 3. The van der Waals surface area contributed by atoms with Crippen molar-refractivity contribution in [3.05, 3.63) is 41.0 Å². The van der Waals surface area contributed by atoms with Crippen molar-refractivity contribution in [3.8, 4) is 22.8 Å². The molecule has 0 spiro atoms. The van der Waals surface area contributed by atoms with Gasteiger partial charge in [0.25, 0.3) is 0 Å². The number of carbonyl (C=O) groups is 1. The van der Waals surface area contributed by atoms with Crippen LogP contribution in [0.15, 0.2) is 31.0 Å². The second kappa shape index (κ2) is 11.8. The first-order chi connectivity index (χ1) is 17.9. The number of ether oxygens (including phenoxy) is 3. The maximum atomic E-state index is 11.7. The second-order valence-electron chi connectivity index (χ2n) is 8.03. The summed E-state index contributed by atoms with van der Waals surface area (Å²) in [5.74, 6) is 1.16. The van der Waals surface area contributed by atoms with E-state index in [1.807, 2.05) is 0 Å². The van der Waals surface area contributed by atoms with E-state index < -0.39 is 0 Å². The summed E-state index contributed by atoms with van der Waals surface area (Å²) in [6.07, 6.45) is 2.84. The summed E-state index contributed by atoms with van der Waals surface area (Å²) in [7, 11) is 2.98. The molecule has 1 saturated heterocycles. The molecule has 11 nitrogen and oxygen atoms in total. The largest absolute Gasteiger partial charge is 0.495 e. The van der Waals surface area contributed by atoms with Gasteiger partial charge in [0.1, 0.15) is 17.0 Å². The smallest absolute Gasteiger partial charge is 0.243 e. The lowest BCUT2D eigenvalue weighted by molar-refractivity contribution is -0.117. The van der Waals surface area contributed by atoms with Crippen LogP contribution in [-0.2, 0) is 9.53 Å². The lowest BCUT2D eigenvalue weighted by Crippen LogP contribution is -2.45. The van der Waals surface area contributed by atoms with Crippen molar-refractivity contribution in [3.63, 3.8) is 0 Å². The molecule has 196 valence electrons. The van der Waals surface area contributed by atoms with Crippen LogP contribution in [0.25, 0.3) is 22.2 Å². The molecule has 1 fully saturated rings. The minimum Gasteiger partial charge on any atom is -0.495 e. The number of nitrogens with zero attached hydrogens (tertiary/aromatic N) is 3. The molecule has 1 aromatic carbocycles. The van der Waals surface area contributed by atoms with E-state index in [-0.39, 0.29) is 41.2 Å². The average molecular weight is 549 g/mol. The number of methoxy groups -OCH3 is 2. The number of hydrogen-bond donors (Lipinski definition) is 4. The molecule has 13 heteroatoms. The van der Waals surface area contributed by atoms with Crippen LogP contribution in [0.1, 0.15) is 0 Å². The number of fused-ring (bicyclic) bond motifs is 1. The van der Waals surface area contributed by atoms with Gasteiger partial charge in [0, 0.05) is 29.8 Å². The summed E-state index contributed by atoms with van der Waals surface area (Å²) in [5.41, 5.74) is 1.35. The summed E-state index contributed by atoms with van der Waals surface area (Å²) in [5, 5.41) is 19.7. The van der Waals surface area contributed by atoms with Gasteiger partial charge in [-0.2, -0.15) is 0 Å². The third kappa shape index (κ3) is 5.64. The Labute approximate surface area is 223 Å². The zero-order valence-corrected chi connectivity index (χ0v) is 21.7. The highest BCUT2D eigenvalue weighted by molar-refractivity contribution is 6.41. The first-order valence-corrected chi connectivity index (χ1v) is 12.1. The number of rotatable bonds is 10. The molecule has 4 N–H and O–H groups in total. The summed E-state index contributed by atoms with van der Waals surface area (Å²) in [4.78, 5) is 25.5. The van der Waals surface area contributed by atoms with Crippen molar-refractivity contribution < 1.29 is 24.1 Å². The van der Waals surface area contributed by atoms with Crippen LogP contribution >= 0.6 is 23.2 Å². The number of halogens is 2. The minimum absolute atomic E-state index is 0.123. The van der Waals surface area contributed by atoms with Crippen LogP contribution in [0.2, 0.25) is 10.0 Å². The molecule has 4 rings (SSSR count). The number of carbonyl (C=O) groups excluding carboxylic acids is 1. The number of amides is 1. The highest BCUT2D eigenvalue weighted by atomic mass is 35.5. The Hall–Kier alpha value is -3.38. The Morgan fingerprint density at radius 2 is 1.89 bits per heavy atom. The van der Waals surface area contributed by atoms with E-state index in [0.29, 0.717) is 58.6 Å². The Bertz CT molecular complexity index is 1300. The van der Waals surface area contributed by atoms with Crippen LogP contribution in [0.3, 0.4) is 0 Å². The van der Waals surface area contributed by atoms with E-state index in [1.165, 1.54) is 20.3 Å². The van der Waals surface area contributed by atoms with Gasteiger partial charge >= 0.3 is 0 Å². The van der Waals surface area contributed by atoms with Crippen molar-refractivity contribution in [1.82, 2.24) is 20.3 Å². The molecule has 1 amide bonds. The highest BCUT2D eigenvalue weighted by Crippen LogP contribution is 2.46. The molecule has 2 aromatic heterocycles. The first-order valence-electron chi connectivity index (χ1n) is 11.3. The standard InChI is InChI=1S/C24H26Cl2N6O5/c1-4-18(34)29-14-10-37-11-15(14)31-24-28-9-12-7-13(30-23(22(12)32-24)27-5-6-33)19-20(25)16(35-2)8-17(36-3)21(19)26/h4,7-9,14-15,33H,1,5-6,10-11H2,2-3H3,(H,27,30)(H,29,34)(H,28,31,32)/t14-,15+/m0/s1. The Morgan fingerprint density at radius 3 is 2.54 bits per heavy atom. The molecule has 1 aliphatic rings. The molecule has 0 bridgehead atoms. The van der Waals surface area contributed by atoms with Crippen LogP contribution < -0.4 is 25.4 Å². The van der Waals surface area contributed by atoms with Crippen LogP contribution in [0.4, 0.5) is 11.8 Å². The Kier molecular flexibility index (Phi) is 8.49. The van der Waals surface area contributed by atoms with E-state index >= 15 is 0 Å². The number of pyridine rings is 1. The number of nitrogens with one attached hydrogen (secondary N) is 3. The van der Waals surface area contributed by atoms with Gasteiger partial charge in [-0.15, -0.1) is 0 Å². The van der Waals surface area contributed by atoms with E-state index in [1.54, 1.807) is 18.3 Å². The summed E-state index contributed by atoms with van der Waals surface area (Å²) < 4.78 is 16.3. The summed E-state index contributed by atoms with van der Waals surface area (Å²) in [6, 6.07) is 2.83. The topological polar surface area (TPSA) is 140 Å². The van der Waals surface area contributed by atoms with Crippen LogP contribution in [0.5, 0.6) is 11.5 Å². The monoisotopic (exact) mass is 548 g/mol. The van der Waals surface area contributed by atoms with Crippen molar-refractivity contribution in [2.45, 2.75) is 12.1 Å². The number of aliphatic hydroxyl groups is 1. The van der Waals surface area contributed by atoms with E-state index in [2.05, 4.69) is 32.5 Å². The zero-order chi connectivity index (χ0) is 26.5. The quantitative estimate of drug-likeness (QED) is 0.279. The lowest BCUT2D eigenvalue weighted by Gasteiger charge is -2.20. The van der Waals surface area contributed by atoms with E-state index in [0.717, 1.165) is 0 Å². The second-order valence-corrected chi connectivity index (χ2v) is 8.79. The van der Waals surface area contributed by atoms with Gasteiger partial charge < -0.3 is 35.3 Å². The predicted octanol–water partition coefficient (Wildman–Crippen LogP) is 2.90. The number of aliphatic hydroxyl groups excluding tert-OH is 1. The van der Waals surface area contributed by atoms with E-state index in [9.17, 15) is 9.90 Å². The fourth-order valence-corrected chi connectivity index (χ4v) is 4.59. The number of benzene rings is 1. The highest BCUT2D eigenvalue weighted by Gasteiger charge is 2.30. The fraction of sp³-hybridized carbons (Fsp3) is 0.333. The van der Waals surface area contributed by atoms with Crippen molar-refractivity contribution in [1.29, 1.82) is 0 Å². The fourth-order valence-electron chi connectivity index (χ4n) is 3.89. The van der Waals surface area contributed by atoms with Crippen molar-refractivity contribution in [2.75, 3.05) is 51.2 Å². The van der Waals surface area contributed by atoms with Gasteiger partial charge in [-0.05, 0) is 12.1 Å². The van der Waals surface area contributed by atoms with Gasteiger partial charge in [0.05, 0.1) is 61.9 Å². The maximum Gasteiger partial charge on any atom is 0.243 e. The molecule has 0 radical (unpaired) electrons. The SMILES string of the molecule is C=CC(=O)N[C@H]1COC[C@H]1Nc1ncc2cc(-c3c(Cl)c(OC)cc(OC)c3Cl)nc(NCCO)c2n1. The Morgan fingerprint density at radius 1 is 1.19 bits per heavy atom. The average Bonchev–Trinajstić information content (AvgIpc) is 3.33. The predicted molar refractivity (Wildman–Crippen MR) is 142 cm³/mol. The first kappa shape index (κ1) is 26.7. The zero-order valence-electron chi connectivity index (χ0n) is 20.2. The molecule has 0 saturated carbocycles. The summed E-state index contributed by atoms with van der Waals surface area (Å²) in [6.45, 7) is 4.30. The van der Waals surface area contributed by atoms with Crippen molar-refractivity contribution in [2.24, 2.45) is 0 Å². The molecule has 2 atom stereocenters. The number of anilines is 2. The third-order valence-corrected chi connectivity index (χ3v) is 6.46. The number of hydrogen-bond acceptors (Lipinski definition) is 10.